The highest BCUT2D eigenvalue weighted by Crippen LogP contribution is 2.28. The Hall–Kier alpha value is -3.44. The fourth-order valence-corrected chi connectivity index (χ4v) is 2.90. The van der Waals surface area contributed by atoms with Crippen molar-refractivity contribution in [2.45, 2.75) is 0 Å². The van der Waals surface area contributed by atoms with Gasteiger partial charge < -0.3 is 11.1 Å². The van der Waals surface area contributed by atoms with Crippen molar-refractivity contribution >= 4 is 34.9 Å². The number of nitrogens with two attached hydrogens (primary N) is 1. The lowest BCUT2D eigenvalue weighted by Gasteiger charge is -2.08. The van der Waals surface area contributed by atoms with E-state index in [2.05, 4.69) is 16.9 Å². The molecular formula is C21H18ClN5. The van der Waals surface area contributed by atoms with Gasteiger partial charge in [0.1, 0.15) is 5.52 Å². The minimum absolute atomic E-state index is 0.541. The zero-order valence-electron chi connectivity index (χ0n) is 14.5. The fraction of sp³-hybridized carbons (Fsp3) is 0. The van der Waals surface area contributed by atoms with E-state index in [1.165, 1.54) is 12.4 Å². The zero-order valence-corrected chi connectivity index (χ0v) is 15.3. The van der Waals surface area contributed by atoms with E-state index in [0.717, 1.165) is 27.9 Å². The van der Waals surface area contributed by atoms with Crippen molar-refractivity contribution in [3.8, 4) is 5.69 Å². The number of halogens is 1. The topological polar surface area (TPSA) is 80.6 Å². The number of nitrogens with zero attached hydrogens (tertiary/aromatic N) is 3. The average Bonchev–Trinajstić information content (AvgIpc) is 3.11. The number of hydrogen-bond donors (Lipinski definition) is 2. The average molecular weight is 376 g/mol. The van der Waals surface area contributed by atoms with Crippen LogP contribution in [0.1, 0.15) is 5.56 Å². The van der Waals surface area contributed by atoms with Crippen molar-refractivity contribution in [2.24, 2.45) is 5.73 Å². The molecular weight excluding hydrogens is 358 g/mol. The van der Waals surface area contributed by atoms with Gasteiger partial charge in [-0.05, 0) is 59.3 Å². The Morgan fingerprint density at radius 1 is 1.15 bits per heavy atom. The van der Waals surface area contributed by atoms with Crippen molar-refractivity contribution < 1.29 is 0 Å². The SMILES string of the molecule is C=C/C(C=N)=C/C(/C=C\N)=C/c1cccc(-n2nnc3ccccc32)c1Cl. The molecule has 0 fully saturated rings. The highest BCUT2D eigenvalue weighted by atomic mass is 35.5. The molecule has 5 nitrogen and oxygen atoms in total. The summed E-state index contributed by atoms with van der Waals surface area (Å²) in [7, 11) is 0. The zero-order chi connectivity index (χ0) is 19.2. The van der Waals surface area contributed by atoms with Crippen LogP contribution in [0.25, 0.3) is 22.8 Å². The van der Waals surface area contributed by atoms with Crippen molar-refractivity contribution in [1.29, 1.82) is 5.41 Å². The first-order valence-corrected chi connectivity index (χ1v) is 8.59. The van der Waals surface area contributed by atoms with E-state index in [0.29, 0.717) is 10.6 Å². The first-order chi connectivity index (χ1) is 13.2. The first-order valence-electron chi connectivity index (χ1n) is 8.22. The number of para-hydroxylation sites is 1. The highest BCUT2D eigenvalue weighted by Gasteiger charge is 2.11. The lowest BCUT2D eigenvalue weighted by molar-refractivity contribution is 0.824. The largest absolute Gasteiger partial charge is 0.405 e. The number of benzene rings is 2. The van der Waals surface area contributed by atoms with Crippen molar-refractivity contribution in [1.82, 2.24) is 15.0 Å². The molecule has 0 saturated heterocycles. The smallest absolute Gasteiger partial charge is 0.113 e. The van der Waals surface area contributed by atoms with Gasteiger partial charge in [-0.3, -0.25) is 0 Å². The van der Waals surface area contributed by atoms with E-state index in [1.54, 1.807) is 22.9 Å². The van der Waals surface area contributed by atoms with Crippen LogP contribution in [-0.2, 0) is 0 Å². The predicted octanol–water partition coefficient (Wildman–Crippen LogP) is 4.69. The summed E-state index contributed by atoms with van der Waals surface area (Å²) in [5, 5.41) is 16.4. The van der Waals surface area contributed by atoms with Gasteiger partial charge in [0.2, 0.25) is 0 Å². The van der Waals surface area contributed by atoms with Crippen LogP contribution in [0.2, 0.25) is 5.02 Å². The van der Waals surface area contributed by atoms with E-state index in [-0.39, 0.29) is 0 Å². The standard InChI is InChI=1S/C21H18ClN5/c1-2-15(14-24)12-16(10-11-23)13-17-6-5-9-20(21(17)22)27-19-8-4-3-7-18(19)25-26-27/h2-14,24H,1,23H2/b11-10-,15-12-,16-13+,24-14?. The molecule has 0 saturated carbocycles. The van der Waals surface area contributed by atoms with Crippen LogP contribution < -0.4 is 5.73 Å². The second-order valence-corrected chi connectivity index (χ2v) is 6.04. The molecule has 0 bridgehead atoms. The number of nitrogens with one attached hydrogen (secondary N) is 1. The number of hydrogen-bond acceptors (Lipinski definition) is 4. The lowest BCUT2D eigenvalue weighted by Crippen LogP contribution is -1.98. The Bertz CT molecular complexity index is 1080. The molecule has 3 aromatic rings. The van der Waals surface area contributed by atoms with Gasteiger partial charge in [0.05, 0.1) is 16.2 Å². The molecule has 0 spiro atoms. The minimum atomic E-state index is 0.541. The summed E-state index contributed by atoms with van der Waals surface area (Å²) in [5.41, 5.74) is 10.2. The third-order valence-electron chi connectivity index (χ3n) is 3.93. The van der Waals surface area contributed by atoms with Gasteiger partial charge in [0.25, 0.3) is 0 Å². The molecule has 0 aliphatic rings. The summed E-state index contributed by atoms with van der Waals surface area (Å²) >= 11 is 6.67. The maximum atomic E-state index is 7.42. The third kappa shape index (κ3) is 3.88. The van der Waals surface area contributed by atoms with E-state index >= 15 is 0 Å². The first kappa shape index (κ1) is 18.4. The highest BCUT2D eigenvalue weighted by molar-refractivity contribution is 6.34. The van der Waals surface area contributed by atoms with Gasteiger partial charge in [-0.2, -0.15) is 0 Å². The van der Waals surface area contributed by atoms with Crippen LogP contribution in [0.4, 0.5) is 0 Å². The van der Waals surface area contributed by atoms with Crippen LogP contribution in [-0.4, -0.2) is 21.2 Å². The number of rotatable bonds is 6. The molecule has 134 valence electrons. The molecule has 1 heterocycles. The van der Waals surface area contributed by atoms with Crippen molar-refractivity contribution in [2.75, 3.05) is 0 Å². The molecule has 0 radical (unpaired) electrons. The van der Waals surface area contributed by atoms with E-state index in [9.17, 15) is 0 Å². The van der Waals surface area contributed by atoms with Gasteiger partial charge in [0, 0.05) is 6.21 Å². The second kappa shape index (κ2) is 8.29. The van der Waals surface area contributed by atoms with Crippen LogP contribution >= 0.6 is 11.6 Å². The minimum Gasteiger partial charge on any atom is -0.405 e. The summed E-state index contributed by atoms with van der Waals surface area (Å²) in [6.07, 6.45) is 9.70. The molecule has 0 aliphatic carbocycles. The Balaban J connectivity index is 2.13. The summed E-state index contributed by atoms with van der Waals surface area (Å²) in [5.74, 6) is 0. The molecule has 3 N–H and O–H groups in total. The molecule has 27 heavy (non-hydrogen) atoms. The molecule has 2 aromatic carbocycles. The second-order valence-electron chi connectivity index (χ2n) is 5.67. The molecule has 6 heteroatoms. The molecule has 0 atom stereocenters. The molecule has 0 aliphatic heterocycles. The molecule has 3 rings (SSSR count). The summed E-state index contributed by atoms with van der Waals surface area (Å²) in [6, 6.07) is 13.4. The van der Waals surface area contributed by atoms with Gasteiger partial charge in [-0.25, -0.2) is 4.68 Å². The van der Waals surface area contributed by atoms with Crippen molar-refractivity contribution in [3.05, 3.63) is 95.2 Å². The molecule has 0 unspecified atom stereocenters. The Morgan fingerprint density at radius 3 is 2.70 bits per heavy atom. The van der Waals surface area contributed by atoms with E-state index in [1.807, 2.05) is 48.5 Å². The van der Waals surface area contributed by atoms with Crippen LogP contribution in [0, 0.1) is 5.41 Å². The van der Waals surface area contributed by atoms with Crippen molar-refractivity contribution in [3.63, 3.8) is 0 Å². The van der Waals surface area contributed by atoms with Gasteiger partial charge >= 0.3 is 0 Å². The van der Waals surface area contributed by atoms with Gasteiger partial charge in [-0.1, -0.05) is 53.7 Å². The lowest BCUT2D eigenvalue weighted by atomic mass is 10.1. The van der Waals surface area contributed by atoms with E-state index < -0.39 is 0 Å². The van der Waals surface area contributed by atoms with Crippen LogP contribution in [0.15, 0.2) is 84.6 Å². The maximum absolute atomic E-state index is 7.42. The van der Waals surface area contributed by atoms with Gasteiger partial charge in [-0.15, -0.1) is 5.10 Å². The number of aromatic nitrogens is 3. The molecule has 0 amide bonds. The number of allylic oxidation sites excluding steroid dienone is 5. The third-order valence-corrected chi connectivity index (χ3v) is 4.35. The maximum Gasteiger partial charge on any atom is 0.113 e. The Labute approximate surface area is 162 Å². The normalized spacial score (nSPS) is 12.6. The van der Waals surface area contributed by atoms with Gasteiger partial charge in [0.15, 0.2) is 0 Å². The Kier molecular flexibility index (Phi) is 5.64. The number of fused-ring (bicyclic) bond motifs is 1. The van der Waals surface area contributed by atoms with Crippen LogP contribution in [0.3, 0.4) is 0 Å². The molecule has 1 aromatic heterocycles. The Morgan fingerprint density at radius 2 is 1.96 bits per heavy atom. The monoisotopic (exact) mass is 375 g/mol. The quantitative estimate of drug-likeness (QED) is 0.484. The van der Waals surface area contributed by atoms with E-state index in [4.69, 9.17) is 22.7 Å². The summed E-state index contributed by atoms with van der Waals surface area (Å²) in [4.78, 5) is 0. The predicted molar refractivity (Wildman–Crippen MR) is 112 cm³/mol. The summed E-state index contributed by atoms with van der Waals surface area (Å²) < 4.78 is 1.72. The summed E-state index contributed by atoms with van der Waals surface area (Å²) in [6.45, 7) is 3.70. The fourth-order valence-electron chi connectivity index (χ4n) is 2.64. The van der Waals surface area contributed by atoms with Crippen LogP contribution in [0.5, 0.6) is 0 Å².